The molecule has 1 unspecified atom stereocenters. The Balaban J connectivity index is 2.47. The van der Waals surface area contributed by atoms with E-state index in [1.54, 1.807) is 0 Å². The first-order valence-electron chi connectivity index (χ1n) is 5.18. The van der Waals surface area contributed by atoms with Gasteiger partial charge in [-0.2, -0.15) is 0 Å². The molecule has 2 aromatic carbocycles. The van der Waals surface area contributed by atoms with Gasteiger partial charge in [0.2, 0.25) is 0 Å². The summed E-state index contributed by atoms with van der Waals surface area (Å²) in [5.41, 5.74) is -0.268. The molecule has 6 heteroatoms. The zero-order valence-electron chi connectivity index (χ0n) is 9.30. The van der Waals surface area contributed by atoms with Gasteiger partial charge in [0.15, 0.2) is 17.5 Å². The molecule has 19 heavy (non-hydrogen) atoms. The number of rotatable bonds is 2. The molecule has 0 fully saturated rings. The molecular formula is C13H7BrF4O. The van der Waals surface area contributed by atoms with E-state index >= 15 is 0 Å². The molecule has 1 atom stereocenters. The van der Waals surface area contributed by atoms with Crippen LogP contribution in [-0.4, -0.2) is 5.11 Å². The number of halogens is 5. The number of aliphatic hydroxyl groups is 1. The average molecular weight is 335 g/mol. The highest BCUT2D eigenvalue weighted by Gasteiger charge is 2.21. The number of benzene rings is 2. The van der Waals surface area contributed by atoms with Crippen molar-refractivity contribution in [3.63, 3.8) is 0 Å². The normalized spacial score (nSPS) is 12.5. The molecule has 2 rings (SSSR count). The van der Waals surface area contributed by atoms with Crippen molar-refractivity contribution in [2.24, 2.45) is 0 Å². The summed E-state index contributed by atoms with van der Waals surface area (Å²) in [6.45, 7) is 0. The third-order valence-electron chi connectivity index (χ3n) is 2.62. The maximum Gasteiger partial charge on any atom is 0.194 e. The lowest BCUT2D eigenvalue weighted by molar-refractivity contribution is 0.212. The maximum absolute atomic E-state index is 13.5. The minimum absolute atomic E-state index is 0.0760. The van der Waals surface area contributed by atoms with Crippen LogP contribution in [0.1, 0.15) is 17.2 Å². The zero-order valence-corrected chi connectivity index (χ0v) is 10.9. The topological polar surface area (TPSA) is 20.2 Å². The van der Waals surface area contributed by atoms with E-state index in [1.165, 1.54) is 12.1 Å². The van der Waals surface area contributed by atoms with Gasteiger partial charge in [0.1, 0.15) is 11.9 Å². The molecule has 2 aromatic rings. The molecule has 0 aliphatic rings. The van der Waals surface area contributed by atoms with Gasteiger partial charge in [0, 0.05) is 5.56 Å². The van der Waals surface area contributed by atoms with Crippen LogP contribution in [0.4, 0.5) is 17.6 Å². The fraction of sp³-hybridized carbons (Fsp3) is 0.0769. The van der Waals surface area contributed by atoms with Crippen molar-refractivity contribution in [2.45, 2.75) is 6.10 Å². The van der Waals surface area contributed by atoms with Crippen molar-refractivity contribution in [1.29, 1.82) is 0 Å². The predicted molar refractivity (Wildman–Crippen MR) is 64.5 cm³/mol. The van der Waals surface area contributed by atoms with Crippen LogP contribution in [0.15, 0.2) is 34.8 Å². The van der Waals surface area contributed by atoms with Gasteiger partial charge in [-0.05, 0) is 39.7 Å². The Bertz CT molecular complexity index is 630. The highest BCUT2D eigenvalue weighted by molar-refractivity contribution is 9.10. The molecule has 0 spiro atoms. The van der Waals surface area contributed by atoms with E-state index in [1.807, 2.05) is 0 Å². The van der Waals surface area contributed by atoms with Crippen LogP contribution in [-0.2, 0) is 0 Å². The Hall–Kier alpha value is -1.40. The molecule has 0 radical (unpaired) electrons. The van der Waals surface area contributed by atoms with Gasteiger partial charge in [-0.3, -0.25) is 0 Å². The summed E-state index contributed by atoms with van der Waals surface area (Å²) in [6, 6.07) is 5.19. The van der Waals surface area contributed by atoms with Gasteiger partial charge in [0.25, 0.3) is 0 Å². The lowest BCUT2D eigenvalue weighted by atomic mass is 10.0. The summed E-state index contributed by atoms with van der Waals surface area (Å²) in [7, 11) is 0. The SMILES string of the molecule is OC(c1ccc(F)c(Br)c1)c1ccc(F)c(F)c1F. The summed E-state index contributed by atoms with van der Waals surface area (Å²) in [6.07, 6.45) is -1.52. The van der Waals surface area contributed by atoms with Gasteiger partial charge >= 0.3 is 0 Å². The number of aliphatic hydroxyl groups excluding tert-OH is 1. The maximum atomic E-state index is 13.5. The molecular weight excluding hydrogens is 328 g/mol. The molecule has 0 aliphatic carbocycles. The Labute approximate surface area is 114 Å². The van der Waals surface area contributed by atoms with Crippen LogP contribution < -0.4 is 0 Å². The summed E-state index contributed by atoms with van der Waals surface area (Å²) in [5.74, 6) is -5.01. The molecule has 0 aliphatic heterocycles. The van der Waals surface area contributed by atoms with Crippen molar-refractivity contribution in [3.8, 4) is 0 Å². The first-order valence-corrected chi connectivity index (χ1v) is 5.97. The Morgan fingerprint density at radius 2 is 1.53 bits per heavy atom. The molecule has 1 nitrogen and oxygen atoms in total. The van der Waals surface area contributed by atoms with Gasteiger partial charge < -0.3 is 5.11 Å². The predicted octanol–water partition coefficient (Wildman–Crippen LogP) is 4.09. The summed E-state index contributed by atoms with van der Waals surface area (Å²) < 4.78 is 52.5. The van der Waals surface area contributed by atoms with Gasteiger partial charge in [-0.25, -0.2) is 17.6 Å². The van der Waals surface area contributed by atoms with E-state index in [9.17, 15) is 22.7 Å². The quantitative estimate of drug-likeness (QED) is 0.648. The summed E-state index contributed by atoms with van der Waals surface area (Å²) in [4.78, 5) is 0. The lowest BCUT2D eigenvalue weighted by Crippen LogP contribution is -2.06. The second-order valence-corrected chi connectivity index (χ2v) is 4.69. The number of hydrogen-bond donors (Lipinski definition) is 1. The minimum atomic E-state index is -1.65. The second kappa shape index (κ2) is 5.30. The Kier molecular flexibility index (Phi) is 3.91. The van der Waals surface area contributed by atoms with Crippen LogP contribution in [0.3, 0.4) is 0 Å². The van der Waals surface area contributed by atoms with Crippen molar-refractivity contribution < 1.29 is 22.7 Å². The monoisotopic (exact) mass is 334 g/mol. The second-order valence-electron chi connectivity index (χ2n) is 3.84. The molecule has 1 N–H and O–H groups in total. The third kappa shape index (κ3) is 2.64. The van der Waals surface area contributed by atoms with Crippen molar-refractivity contribution in [3.05, 3.63) is 69.2 Å². The van der Waals surface area contributed by atoms with Crippen LogP contribution in [0.25, 0.3) is 0 Å². The molecule has 0 saturated heterocycles. The lowest BCUT2D eigenvalue weighted by Gasteiger charge is -2.13. The fourth-order valence-corrected chi connectivity index (χ4v) is 2.01. The average Bonchev–Trinajstić information content (AvgIpc) is 2.39. The molecule has 0 saturated carbocycles. The fourth-order valence-electron chi connectivity index (χ4n) is 1.61. The largest absolute Gasteiger partial charge is 0.384 e. The van der Waals surface area contributed by atoms with Crippen molar-refractivity contribution >= 4 is 15.9 Å². The molecule has 100 valence electrons. The van der Waals surface area contributed by atoms with E-state index in [-0.39, 0.29) is 10.0 Å². The van der Waals surface area contributed by atoms with E-state index in [0.29, 0.717) is 0 Å². The van der Waals surface area contributed by atoms with Crippen LogP contribution >= 0.6 is 15.9 Å². The van der Waals surface area contributed by atoms with E-state index in [2.05, 4.69) is 15.9 Å². The van der Waals surface area contributed by atoms with Crippen LogP contribution in [0.5, 0.6) is 0 Å². The standard InChI is InChI=1S/C13H7BrF4O/c14-8-5-6(1-3-9(8)15)13(19)7-2-4-10(16)12(18)11(7)17/h1-5,13,19H. The first kappa shape index (κ1) is 14.0. The molecule has 0 amide bonds. The summed E-state index contributed by atoms with van der Waals surface area (Å²) >= 11 is 2.92. The van der Waals surface area contributed by atoms with Crippen LogP contribution in [0.2, 0.25) is 0 Å². The third-order valence-corrected chi connectivity index (χ3v) is 3.23. The minimum Gasteiger partial charge on any atom is -0.384 e. The first-order chi connectivity index (χ1) is 8.91. The highest BCUT2D eigenvalue weighted by atomic mass is 79.9. The number of hydrogen-bond acceptors (Lipinski definition) is 1. The van der Waals surface area contributed by atoms with Crippen LogP contribution in [0, 0.1) is 23.3 Å². The van der Waals surface area contributed by atoms with E-state index < -0.39 is 34.9 Å². The van der Waals surface area contributed by atoms with E-state index in [0.717, 1.165) is 18.2 Å². The molecule has 0 bridgehead atoms. The van der Waals surface area contributed by atoms with Crippen molar-refractivity contribution in [1.82, 2.24) is 0 Å². The van der Waals surface area contributed by atoms with Gasteiger partial charge in [-0.1, -0.05) is 12.1 Å². The summed E-state index contributed by atoms with van der Waals surface area (Å²) in [5, 5.41) is 9.93. The Morgan fingerprint density at radius 3 is 2.16 bits per heavy atom. The van der Waals surface area contributed by atoms with Gasteiger partial charge in [-0.15, -0.1) is 0 Å². The van der Waals surface area contributed by atoms with Gasteiger partial charge in [0.05, 0.1) is 4.47 Å². The zero-order chi connectivity index (χ0) is 14.2. The highest BCUT2D eigenvalue weighted by Crippen LogP contribution is 2.29. The smallest absolute Gasteiger partial charge is 0.194 e. The Morgan fingerprint density at radius 1 is 0.895 bits per heavy atom. The molecule has 0 heterocycles. The van der Waals surface area contributed by atoms with Crippen molar-refractivity contribution in [2.75, 3.05) is 0 Å². The van der Waals surface area contributed by atoms with E-state index in [4.69, 9.17) is 0 Å². The molecule has 0 aromatic heterocycles.